The van der Waals surface area contributed by atoms with Crippen LogP contribution in [-0.2, 0) is 10.2 Å². The number of hydrogen-bond acceptors (Lipinski definition) is 2. The molecule has 0 saturated heterocycles. The summed E-state index contributed by atoms with van der Waals surface area (Å²) in [7, 11) is 0. The van der Waals surface area contributed by atoms with Gasteiger partial charge in [0.25, 0.3) is 5.91 Å². The smallest absolute Gasteiger partial charge is 0.265 e. The molecule has 1 N–H and O–H groups in total. The molecule has 0 spiro atoms. The Kier molecular flexibility index (Phi) is 6.22. The van der Waals surface area contributed by atoms with Crippen molar-refractivity contribution < 1.29 is 13.9 Å². The van der Waals surface area contributed by atoms with Gasteiger partial charge >= 0.3 is 0 Å². The summed E-state index contributed by atoms with van der Waals surface area (Å²) < 4.78 is 20.3. The maximum absolute atomic E-state index is 13.9. The van der Waals surface area contributed by atoms with Gasteiger partial charge in [-0.2, -0.15) is 0 Å². The van der Waals surface area contributed by atoms with E-state index in [1.165, 1.54) is 17.7 Å². The molecular weight excluding hydrogens is 385 g/mol. The third-order valence-electron chi connectivity index (χ3n) is 3.85. The summed E-state index contributed by atoms with van der Waals surface area (Å²) >= 11 is 3.19. The van der Waals surface area contributed by atoms with E-state index in [0.29, 0.717) is 16.6 Å². The largest absolute Gasteiger partial charge is 0.481 e. The Morgan fingerprint density at radius 3 is 2.36 bits per heavy atom. The maximum Gasteiger partial charge on any atom is 0.265 e. The third-order valence-corrected chi connectivity index (χ3v) is 4.34. The summed E-state index contributed by atoms with van der Waals surface area (Å²) in [6.07, 6.45) is -0.214. The molecule has 0 bridgehead atoms. The maximum atomic E-state index is 13.9. The Balaban J connectivity index is 2.07. The lowest BCUT2D eigenvalue weighted by Crippen LogP contribution is -2.32. The molecule has 0 aliphatic heterocycles. The lowest BCUT2D eigenvalue weighted by Gasteiger charge is -2.21. The predicted molar refractivity (Wildman–Crippen MR) is 103 cm³/mol. The van der Waals surface area contributed by atoms with Crippen molar-refractivity contribution in [2.24, 2.45) is 0 Å². The van der Waals surface area contributed by atoms with Crippen LogP contribution in [0.3, 0.4) is 0 Å². The number of hydrogen-bond donors (Lipinski definition) is 1. The Bertz CT molecular complexity index is 738. The second kappa shape index (κ2) is 8.00. The van der Waals surface area contributed by atoms with Gasteiger partial charge in [0.05, 0.1) is 5.69 Å². The molecule has 0 saturated carbocycles. The van der Waals surface area contributed by atoms with Crippen molar-refractivity contribution >= 4 is 27.5 Å². The number of anilines is 1. The van der Waals surface area contributed by atoms with Crippen molar-refractivity contribution in [1.29, 1.82) is 0 Å². The number of ether oxygens (including phenoxy) is 1. The van der Waals surface area contributed by atoms with Gasteiger partial charge in [0.1, 0.15) is 11.6 Å². The first kappa shape index (κ1) is 19.4. The van der Waals surface area contributed by atoms with Crippen LogP contribution >= 0.6 is 15.9 Å². The summed E-state index contributed by atoms with van der Waals surface area (Å²) in [6.45, 7) is 8.26. The minimum absolute atomic E-state index is 0.0547. The fraction of sp³-hybridized carbons (Fsp3) is 0.350. The standard InChI is InChI=1S/C20H23BrFNO2/c1-5-18(19(24)23-17-11-8-14(21)12-16(17)22)25-15-9-6-13(7-10-15)20(2,3)4/h6-12,18H,5H2,1-4H3,(H,23,24)/t18-/m0/s1. The van der Waals surface area contributed by atoms with Gasteiger partial charge in [0.15, 0.2) is 6.10 Å². The Labute approximate surface area is 156 Å². The fourth-order valence-electron chi connectivity index (χ4n) is 2.32. The van der Waals surface area contributed by atoms with Crippen molar-refractivity contribution in [3.63, 3.8) is 0 Å². The molecule has 1 amide bonds. The first-order chi connectivity index (χ1) is 11.7. The lowest BCUT2D eigenvalue weighted by atomic mass is 9.87. The highest BCUT2D eigenvalue weighted by Crippen LogP contribution is 2.25. The lowest BCUT2D eigenvalue weighted by molar-refractivity contribution is -0.122. The van der Waals surface area contributed by atoms with E-state index < -0.39 is 11.9 Å². The minimum Gasteiger partial charge on any atom is -0.481 e. The number of halogens is 2. The molecular formula is C20H23BrFNO2. The SMILES string of the molecule is CC[C@H](Oc1ccc(C(C)(C)C)cc1)C(=O)Nc1ccc(Br)cc1F. The summed E-state index contributed by atoms with van der Waals surface area (Å²) in [4.78, 5) is 12.4. The van der Waals surface area contributed by atoms with Crippen LogP contribution in [0.25, 0.3) is 0 Å². The van der Waals surface area contributed by atoms with E-state index in [1.807, 2.05) is 31.2 Å². The van der Waals surface area contributed by atoms with Crippen LogP contribution in [-0.4, -0.2) is 12.0 Å². The minimum atomic E-state index is -0.691. The molecule has 0 heterocycles. The molecule has 5 heteroatoms. The molecule has 0 unspecified atom stereocenters. The molecule has 2 rings (SSSR count). The number of rotatable bonds is 5. The van der Waals surface area contributed by atoms with Crippen molar-refractivity contribution in [1.82, 2.24) is 0 Å². The van der Waals surface area contributed by atoms with Gasteiger partial charge in [-0.1, -0.05) is 55.8 Å². The van der Waals surface area contributed by atoms with Crippen molar-refractivity contribution in [3.8, 4) is 5.75 Å². The van der Waals surface area contributed by atoms with E-state index in [1.54, 1.807) is 6.07 Å². The van der Waals surface area contributed by atoms with E-state index >= 15 is 0 Å². The molecule has 0 aliphatic carbocycles. The second-order valence-electron chi connectivity index (χ2n) is 6.90. The zero-order chi connectivity index (χ0) is 18.6. The van der Waals surface area contributed by atoms with Gasteiger partial charge in [-0.3, -0.25) is 4.79 Å². The molecule has 0 aliphatic rings. The van der Waals surface area contributed by atoms with Crippen molar-refractivity contribution in [2.45, 2.75) is 45.6 Å². The van der Waals surface area contributed by atoms with E-state index in [4.69, 9.17) is 4.74 Å². The molecule has 0 aromatic heterocycles. The number of benzene rings is 2. The number of amides is 1. The molecule has 0 fully saturated rings. The zero-order valence-corrected chi connectivity index (χ0v) is 16.5. The molecule has 134 valence electrons. The van der Waals surface area contributed by atoms with E-state index in [-0.39, 0.29) is 17.0 Å². The van der Waals surface area contributed by atoms with Crippen LogP contribution in [0.2, 0.25) is 0 Å². The van der Waals surface area contributed by atoms with Crippen LogP contribution < -0.4 is 10.1 Å². The monoisotopic (exact) mass is 407 g/mol. The summed E-state index contributed by atoms with van der Waals surface area (Å²) in [5.41, 5.74) is 1.38. The summed E-state index contributed by atoms with van der Waals surface area (Å²) in [5.74, 6) is -0.248. The first-order valence-corrected chi connectivity index (χ1v) is 9.03. The third kappa shape index (κ3) is 5.30. The first-order valence-electron chi connectivity index (χ1n) is 8.24. The van der Waals surface area contributed by atoms with Crippen LogP contribution in [0.15, 0.2) is 46.9 Å². The molecule has 2 aromatic rings. The van der Waals surface area contributed by atoms with E-state index in [9.17, 15) is 9.18 Å². The normalized spacial score (nSPS) is 12.6. The number of carbonyl (C=O) groups is 1. The molecule has 0 radical (unpaired) electrons. The molecule has 2 aromatic carbocycles. The van der Waals surface area contributed by atoms with Crippen molar-refractivity contribution in [3.05, 3.63) is 58.3 Å². The van der Waals surface area contributed by atoms with Crippen LogP contribution in [0.4, 0.5) is 10.1 Å². The quantitative estimate of drug-likeness (QED) is 0.691. The molecule has 25 heavy (non-hydrogen) atoms. The van der Waals surface area contributed by atoms with Gasteiger partial charge in [-0.15, -0.1) is 0 Å². The zero-order valence-electron chi connectivity index (χ0n) is 14.9. The average Bonchev–Trinajstić information content (AvgIpc) is 2.54. The average molecular weight is 408 g/mol. The van der Waals surface area contributed by atoms with Crippen molar-refractivity contribution in [2.75, 3.05) is 5.32 Å². The fourth-order valence-corrected chi connectivity index (χ4v) is 2.66. The molecule has 1 atom stereocenters. The van der Waals surface area contributed by atoms with Gasteiger partial charge in [0, 0.05) is 4.47 Å². The summed E-state index contributed by atoms with van der Waals surface area (Å²) in [5, 5.41) is 2.58. The van der Waals surface area contributed by atoms with Gasteiger partial charge in [0.2, 0.25) is 0 Å². The van der Waals surface area contributed by atoms with Gasteiger partial charge in [-0.25, -0.2) is 4.39 Å². The van der Waals surface area contributed by atoms with Gasteiger partial charge in [-0.05, 0) is 47.7 Å². The number of carbonyl (C=O) groups excluding carboxylic acids is 1. The summed E-state index contributed by atoms with van der Waals surface area (Å²) in [6, 6.07) is 12.2. The highest BCUT2D eigenvalue weighted by Gasteiger charge is 2.20. The van der Waals surface area contributed by atoms with Crippen LogP contribution in [0.1, 0.15) is 39.7 Å². The van der Waals surface area contributed by atoms with E-state index in [0.717, 1.165) is 0 Å². The Morgan fingerprint density at radius 2 is 1.84 bits per heavy atom. The highest BCUT2D eigenvalue weighted by atomic mass is 79.9. The topological polar surface area (TPSA) is 38.3 Å². The molecule has 3 nitrogen and oxygen atoms in total. The van der Waals surface area contributed by atoms with E-state index in [2.05, 4.69) is 42.0 Å². The Hall–Kier alpha value is -1.88. The van der Waals surface area contributed by atoms with Crippen LogP contribution in [0.5, 0.6) is 5.75 Å². The number of nitrogens with one attached hydrogen (secondary N) is 1. The van der Waals surface area contributed by atoms with Gasteiger partial charge < -0.3 is 10.1 Å². The Morgan fingerprint density at radius 1 is 1.20 bits per heavy atom. The van der Waals surface area contributed by atoms with Crippen LogP contribution in [0, 0.1) is 5.82 Å². The predicted octanol–water partition coefficient (Wildman–Crippen LogP) is 5.68. The highest BCUT2D eigenvalue weighted by molar-refractivity contribution is 9.10. The second-order valence-corrected chi connectivity index (χ2v) is 7.82.